The van der Waals surface area contributed by atoms with E-state index in [1.165, 1.54) is 0 Å². The molecule has 0 saturated carbocycles. The molecule has 1 aliphatic rings. The molecule has 0 bridgehead atoms. The van der Waals surface area contributed by atoms with Gasteiger partial charge in [-0.05, 0) is 6.92 Å². The first-order chi connectivity index (χ1) is 7.15. The summed E-state index contributed by atoms with van der Waals surface area (Å²) in [5.74, 6) is 0.212. The second-order valence-electron chi connectivity index (χ2n) is 3.76. The monoisotopic (exact) mass is 232 g/mol. The third-order valence-corrected chi connectivity index (χ3v) is 3.71. The average molecular weight is 232 g/mol. The number of ether oxygens (including phenoxy) is 1. The zero-order chi connectivity index (χ0) is 11.3. The Kier molecular flexibility index (Phi) is 5.42. The summed E-state index contributed by atoms with van der Waals surface area (Å²) in [5.41, 5.74) is 5.53. The highest BCUT2D eigenvalue weighted by Gasteiger charge is 2.23. The van der Waals surface area contributed by atoms with Crippen molar-refractivity contribution in [3.63, 3.8) is 0 Å². The Balaban J connectivity index is 2.37. The van der Waals surface area contributed by atoms with Gasteiger partial charge >= 0.3 is 0 Å². The van der Waals surface area contributed by atoms with E-state index in [4.69, 9.17) is 10.5 Å². The fourth-order valence-electron chi connectivity index (χ4n) is 1.50. The Morgan fingerprint density at radius 3 is 2.60 bits per heavy atom. The van der Waals surface area contributed by atoms with Gasteiger partial charge in [-0.25, -0.2) is 0 Å². The van der Waals surface area contributed by atoms with Gasteiger partial charge in [-0.1, -0.05) is 6.92 Å². The van der Waals surface area contributed by atoms with Crippen molar-refractivity contribution < 1.29 is 9.53 Å². The van der Waals surface area contributed by atoms with Gasteiger partial charge in [0, 0.05) is 24.9 Å². The maximum absolute atomic E-state index is 12.0. The van der Waals surface area contributed by atoms with Crippen LogP contribution in [-0.4, -0.2) is 54.2 Å². The van der Waals surface area contributed by atoms with Gasteiger partial charge in [-0.3, -0.25) is 4.79 Å². The van der Waals surface area contributed by atoms with Gasteiger partial charge in [-0.15, -0.1) is 11.8 Å². The van der Waals surface area contributed by atoms with E-state index in [1.807, 2.05) is 18.7 Å². The summed E-state index contributed by atoms with van der Waals surface area (Å²) in [6.45, 7) is 7.39. The van der Waals surface area contributed by atoms with Crippen LogP contribution in [0.25, 0.3) is 0 Å². The Morgan fingerprint density at radius 1 is 1.47 bits per heavy atom. The molecule has 0 aliphatic carbocycles. The molecule has 0 radical (unpaired) electrons. The first-order valence-electron chi connectivity index (χ1n) is 5.37. The van der Waals surface area contributed by atoms with Gasteiger partial charge in [0.2, 0.25) is 5.91 Å². The smallest absolute Gasteiger partial charge is 0.235 e. The highest BCUT2D eigenvalue weighted by atomic mass is 32.2. The van der Waals surface area contributed by atoms with Crippen molar-refractivity contribution in [3.8, 4) is 0 Å². The molecular weight excluding hydrogens is 212 g/mol. The van der Waals surface area contributed by atoms with Crippen LogP contribution in [0.15, 0.2) is 0 Å². The Bertz CT molecular complexity index is 208. The lowest BCUT2D eigenvalue weighted by molar-refractivity contribution is -0.134. The van der Waals surface area contributed by atoms with Gasteiger partial charge in [0.1, 0.15) is 0 Å². The number of carbonyl (C=O) groups is 1. The molecule has 2 N–H and O–H groups in total. The van der Waals surface area contributed by atoms with E-state index in [2.05, 4.69) is 0 Å². The molecule has 1 amide bonds. The molecule has 1 aliphatic heterocycles. The maximum Gasteiger partial charge on any atom is 0.235 e. The summed E-state index contributed by atoms with van der Waals surface area (Å²) < 4.78 is 5.21. The molecule has 4 nitrogen and oxygen atoms in total. The molecule has 1 rings (SSSR count). The number of nitrogens with zero attached hydrogens (tertiary/aromatic N) is 1. The summed E-state index contributed by atoms with van der Waals surface area (Å²) in [4.78, 5) is 13.8. The summed E-state index contributed by atoms with van der Waals surface area (Å²) in [7, 11) is 0. The largest absolute Gasteiger partial charge is 0.378 e. The van der Waals surface area contributed by atoms with Crippen LogP contribution in [0.1, 0.15) is 13.8 Å². The lowest BCUT2D eigenvalue weighted by Gasteiger charge is -2.29. The van der Waals surface area contributed by atoms with Crippen molar-refractivity contribution in [2.24, 2.45) is 5.73 Å². The highest BCUT2D eigenvalue weighted by molar-refractivity contribution is 8.01. The zero-order valence-corrected chi connectivity index (χ0v) is 10.3. The van der Waals surface area contributed by atoms with Crippen molar-refractivity contribution in [2.75, 3.05) is 32.8 Å². The molecule has 1 saturated heterocycles. The third-order valence-electron chi connectivity index (χ3n) is 2.44. The second-order valence-corrected chi connectivity index (χ2v) is 5.55. The van der Waals surface area contributed by atoms with Crippen molar-refractivity contribution >= 4 is 17.7 Å². The molecule has 0 aromatic carbocycles. The second kappa shape index (κ2) is 6.35. The van der Waals surface area contributed by atoms with E-state index in [9.17, 15) is 4.79 Å². The number of hydrogen-bond acceptors (Lipinski definition) is 4. The molecule has 0 spiro atoms. The van der Waals surface area contributed by atoms with Crippen LogP contribution in [0.5, 0.6) is 0 Å². The minimum atomic E-state index is 0.00153. The van der Waals surface area contributed by atoms with E-state index in [1.54, 1.807) is 11.8 Å². The normalized spacial score (nSPS) is 21.1. The molecule has 2 unspecified atom stereocenters. The van der Waals surface area contributed by atoms with Crippen molar-refractivity contribution in [1.82, 2.24) is 4.90 Å². The van der Waals surface area contributed by atoms with Crippen LogP contribution in [0, 0.1) is 0 Å². The standard InChI is InChI=1S/C10H20N2O2S/c1-8(7-11)15-9(2)10(13)12-3-5-14-6-4-12/h8-9H,3-7,11H2,1-2H3. The van der Waals surface area contributed by atoms with Crippen LogP contribution < -0.4 is 5.73 Å². The minimum Gasteiger partial charge on any atom is -0.378 e. The van der Waals surface area contributed by atoms with Gasteiger partial charge in [0.05, 0.1) is 18.5 Å². The van der Waals surface area contributed by atoms with Crippen LogP contribution in [0.4, 0.5) is 0 Å². The number of morpholine rings is 1. The lowest BCUT2D eigenvalue weighted by atomic mass is 10.3. The number of rotatable bonds is 4. The van der Waals surface area contributed by atoms with E-state index >= 15 is 0 Å². The van der Waals surface area contributed by atoms with Crippen LogP contribution >= 0.6 is 11.8 Å². The number of hydrogen-bond donors (Lipinski definition) is 1. The molecule has 5 heteroatoms. The zero-order valence-electron chi connectivity index (χ0n) is 9.44. The maximum atomic E-state index is 12.0. The molecule has 88 valence electrons. The summed E-state index contributed by atoms with van der Waals surface area (Å²) in [5, 5.41) is 0.339. The number of carbonyl (C=O) groups excluding carboxylic acids is 1. The van der Waals surface area contributed by atoms with E-state index < -0.39 is 0 Å². The molecule has 0 aromatic heterocycles. The van der Waals surface area contributed by atoms with E-state index in [0.717, 1.165) is 13.1 Å². The van der Waals surface area contributed by atoms with E-state index in [0.29, 0.717) is 25.0 Å². The molecule has 15 heavy (non-hydrogen) atoms. The van der Waals surface area contributed by atoms with Gasteiger partial charge in [0.25, 0.3) is 0 Å². The fraction of sp³-hybridized carbons (Fsp3) is 0.900. The topological polar surface area (TPSA) is 55.6 Å². The molecule has 1 heterocycles. The molecule has 0 aromatic rings. The van der Waals surface area contributed by atoms with Crippen LogP contribution in [-0.2, 0) is 9.53 Å². The third kappa shape index (κ3) is 4.01. The highest BCUT2D eigenvalue weighted by Crippen LogP contribution is 2.19. The average Bonchev–Trinajstić information content (AvgIpc) is 2.29. The predicted octanol–water partition coefficient (Wildman–Crippen LogP) is 0.314. The first-order valence-corrected chi connectivity index (χ1v) is 6.31. The fourth-order valence-corrected chi connectivity index (χ4v) is 2.58. The van der Waals surface area contributed by atoms with Crippen molar-refractivity contribution in [1.29, 1.82) is 0 Å². The summed E-state index contributed by atoms with van der Waals surface area (Å²) >= 11 is 1.64. The van der Waals surface area contributed by atoms with Gasteiger partial charge < -0.3 is 15.4 Å². The predicted molar refractivity (Wildman–Crippen MR) is 63.0 cm³/mol. The summed E-state index contributed by atoms with van der Waals surface area (Å²) in [6.07, 6.45) is 0. The van der Waals surface area contributed by atoms with Crippen LogP contribution in [0.3, 0.4) is 0 Å². The Hall–Kier alpha value is -0.260. The molecular formula is C10H20N2O2S. The quantitative estimate of drug-likeness (QED) is 0.758. The Labute approximate surface area is 95.5 Å². The van der Waals surface area contributed by atoms with Crippen molar-refractivity contribution in [3.05, 3.63) is 0 Å². The van der Waals surface area contributed by atoms with E-state index in [-0.39, 0.29) is 11.2 Å². The minimum absolute atomic E-state index is 0.00153. The first kappa shape index (κ1) is 12.8. The molecule has 1 fully saturated rings. The molecule has 2 atom stereocenters. The summed E-state index contributed by atoms with van der Waals surface area (Å²) in [6, 6.07) is 0. The van der Waals surface area contributed by atoms with Crippen LogP contribution in [0.2, 0.25) is 0 Å². The van der Waals surface area contributed by atoms with Gasteiger partial charge in [0.15, 0.2) is 0 Å². The Morgan fingerprint density at radius 2 is 2.07 bits per heavy atom. The number of thioether (sulfide) groups is 1. The SMILES string of the molecule is CC(CN)SC(C)C(=O)N1CCOCC1. The van der Waals surface area contributed by atoms with Crippen molar-refractivity contribution in [2.45, 2.75) is 24.3 Å². The number of nitrogens with two attached hydrogens (primary N) is 1. The number of amides is 1. The lowest BCUT2D eigenvalue weighted by Crippen LogP contribution is -2.44. The van der Waals surface area contributed by atoms with Gasteiger partial charge in [-0.2, -0.15) is 0 Å².